The third kappa shape index (κ3) is 2.41. The van der Waals surface area contributed by atoms with Crippen molar-refractivity contribution >= 4 is 11.6 Å². The number of fused-ring (bicyclic) bond motifs is 1. The van der Waals surface area contributed by atoms with Gasteiger partial charge in [-0.2, -0.15) is 0 Å². The van der Waals surface area contributed by atoms with Crippen molar-refractivity contribution in [1.29, 1.82) is 0 Å². The molecule has 3 nitrogen and oxygen atoms in total. The average Bonchev–Trinajstić information content (AvgIpc) is 2.46. The molecule has 3 rings (SSSR count). The number of benzene rings is 1. The van der Waals surface area contributed by atoms with Crippen LogP contribution < -0.4 is 5.32 Å². The third-order valence-corrected chi connectivity index (χ3v) is 4.02. The van der Waals surface area contributed by atoms with Gasteiger partial charge in [0.2, 0.25) is 0 Å². The van der Waals surface area contributed by atoms with E-state index in [1.165, 1.54) is 12.1 Å². The van der Waals surface area contributed by atoms with Crippen molar-refractivity contribution in [3.63, 3.8) is 0 Å². The van der Waals surface area contributed by atoms with Gasteiger partial charge in [-0.05, 0) is 44.5 Å². The van der Waals surface area contributed by atoms with Crippen molar-refractivity contribution in [2.45, 2.75) is 25.3 Å². The van der Waals surface area contributed by atoms with E-state index < -0.39 is 0 Å². The standard InChI is InChI=1S/C15H15ClFN3/c1-18-13-3-2-4-14-11(13)8-19-15(20-14)10-6-5-9(17)7-12(10)16/h5-8,13,18H,2-4H2,1H3. The summed E-state index contributed by atoms with van der Waals surface area (Å²) < 4.78 is 13.1. The fraction of sp³-hybridized carbons (Fsp3) is 0.333. The molecule has 1 heterocycles. The maximum absolute atomic E-state index is 13.1. The van der Waals surface area contributed by atoms with Crippen LogP contribution in [-0.4, -0.2) is 17.0 Å². The zero-order valence-electron chi connectivity index (χ0n) is 11.2. The van der Waals surface area contributed by atoms with Crippen molar-refractivity contribution in [1.82, 2.24) is 15.3 Å². The number of hydrogen-bond donors (Lipinski definition) is 1. The Morgan fingerprint density at radius 2 is 2.25 bits per heavy atom. The second kappa shape index (κ2) is 5.46. The molecule has 2 aromatic rings. The van der Waals surface area contributed by atoms with Gasteiger partial charge in [0.05, 0.1) is 5.02 Å². The number of halogens is 2. The molecular formula is C15H15ClFN3. The molecule has 1 unspecified atom stereocenters. The number of aromatic nitrogens is 2. The summed E-state index contributed by atoms with van der Waals surface area (Å²) in [5, 5.41) is 3.62. The van der Waals surface area contributed by atoms with Gasteiger partial charge in [-0.15, -0.1) is 0 Å². The normalized spacial score (nSPS) is 17.9. The van der Waals surface area contributed by atoms with Crippen LogP contribution in [0.3, 0.4) is 0 Å². The summed E-state index contributed by atoms with van der Waals surface area (Å²) in [6.45, 7) is 0. The van der Waals surface area contributed by atoms with E-state index in [1.54, 1.807) is 6.07 Å². The molecule has 0 bridgehead atoms. The summed E-state index contributed by atoms with van der Waals surface area (Å²) >= 11 is 6.07. The molecule has 1 atom stereocenters. The maximum atomic E-state index is 13.1. The van der Waals surface area contributed by atoms with Gasteiger partial charge >= 0.3 is 0 Å². The van der Waals surface area contributed by atoms with Crippen LogP contribution >= 0.6 is 11.6 Å². The van der Waals surface area contributed by atoms with Crippen LogP contribution in [0, 0.1) is 5.82 Å². The second-order valence-corrected chi connectivity index (χ2v) is 5.36. The predicted molar refractivity (Wildman–Crippen MR) is 77.2 cm³/mol. The first-order chi connectivity index (χ1) is 9.69. The highest BCUT2D eigenvalue weighted by Crippen LogP contribution is 2.31. The number of hydrogen-bond acceptors (Lipinski definition) is 3. The van der Waals surface area contributed by atoms with E-state index >= 15 is 0 Å². The summed E-state index contributed by atoms with van der Waals surface area (Å²) in [5.41, 5.74) is 2.88. The molecular weight excluding hydrogens is 277 g/mol. The number of nitrogens with one attached hydrogen (secondary N) is 1. The van der Waals surface area contributed by atoms with Crippen LogP contribution in [0.2, 0.25) is 5.02 Å². The molecule has 1 aliphatic carbocycles. The van der Waals surface area contributed by atoms with Crippen LogP contribution in [0.5, 0.6) is 0 Å². The molecule has 1 N–H and O–H groups in total. The monoisotopic (exact) mass is 291 g/mol. The highest BCUT2D eigenvalue weighted by atomic mass is 35.5. The average molecular weight is 292 g/mol. The van der Waals surface area contributed by atoms with E-state index in [4.69, 9.17) is 11.6 Å². The fourth-order valence-electron chi connectivity index (χ4n) is 2.65. The van der Waals surface area contributed by atoms with E-state index in [0.29, 0.717) is 22.5 Å². The highest BCUT2D eigenvalue weighted by Gasteiger charge is 2.21. The molecule has 5 heteroatoms. The van der Waals surface area contributed by atoms with Gasteiger partial charge in [0.15, 0.2) is 5.82 Å². The molecule has 0 spiro atoms. The molecule has 1 aromatic carbocycles. The summed E-state index contributed by atoms with van der Waals surface area (Å²) in [6, 6.07) is 4.60. The van der Waals surface area contributed by atoms with E-state index in [0.717, 1.165) is 30.5 Å². The second-order valence-electron chi connectivity index (χ2n) is 4.95. The van der Waals surface area contributed by atoms with E-state index in [-0.39, 0.29) is 5.82 Å². The first-order valence-corrected chi connectivity index (χ1v) is 7.05. The van der Waals surface area contributed by atoms with E-state index in [9.17, 15) is 4.39 Å². The first kappa shape index (κ1) is 13.5. The Morgan fingerprint density at radius 1 is 1.40 bits per heavy atom. The van der Waals surface area contributed by atoms with Gasteiger partial charge < -0.3 is 5.32 Å². The van der Waals surface area contributed by atoms with Crippen LogP contribution in [0.4, 0.5) is 4.39 Å². The lowest BCUT2D eigenvalue weighted by Gasteiger charge is -2.24. The van der Waals surface area contributed by atoms with E-state index in [2.05, 4.69) is 15.3 Å². The minimum atomic E-state index is -0.355. The van der Waals surface area contributed by atoms with Crippen LogP contribution in [0.1, 0.15) is 30.1 Å². The Morgan fingerprint density at radius 3 is 3.00 bits per heavy atom. The van der Waals surface area contributed by atoms with Crippen LogP contribution in [-0.2, 0) is 6.42 Å². The van der Waals surface area contributed by atoms with Crippen molar-refractivity contribution in [2.24, 2.45) is 0 Å². The lowest BCUT2D eigenvalue weighted by Crippen LogP contribution is -2.22. The molecule has 1 aliphatic rings. The van der Waals surface area contributed by atoms with Crippen molar-refractivity contribution < 1.29 is 4.39 Å². The molecule has 1 aromatic heterocycles. The third-order valence-electron chi connectivity index (χ3n) is 3.70. The molecule has 0 saturated heterocycles. The zero-order valence-corrected chi connectivity index (χ0v) is 11.9. The number of nitrogens with zero attached hydrogens (tertiary/aromatic N) is 2. The minimum Gasteiger partial charge on any atom is -0.313 e. The zero-order chi connectivity index (χ0) is 14.1. The van der Waals surface area contributed by atoms with Crippen molar-refractivity contribution in [3.8, 4) is 11.4 Å². The van der Waals surface area contributed by atoms with Gasteiger partial charge in [0.25, 0.3) is 0 Å². The van der Waals surface area contributed by atoms with Crippen LogP contribution in [0.15, 0.2) is 24.4 Å². The highest BCUT2D eigenvalue weighted by molar-refractivity contribution is 6.33. The SMILES string of the molecule is CNC1CCCc2nc(-c3ccc(F)cc3Cl)ncc21. The molecule has 0 aliphatic heterocycles. The molecule has 0 amide bonds. The maximum Gasteiger partial charge on any atom is 0.160 e. The van der Waals surface area contributed by atoms with Crippen molar-refractivity contribution in [3.05, 3.63) is 46.5 Å². The summed E-state index contributed by atoms with van der Waals surface area (Å²) in [4.78, 5) is 9.01. The smallest absolute Gasteiger partial charge is 0.160 e. The lowest BCUT2D eigenvalue weighted by molar-refractivity contribution is 0.488. The Bertz CT molecular complexity index is 645. The molecule has 0 fully saturated rings. The molecule has 0 saturated carbocycles. The lowest BCUT2D eigenvalue weighted by atomic mass is 9.92. The first-order valence-electron chi connectivity index (χ1n) is 6.67. The predicted octanol–water partition coefficient (Wildman–Crippen LogP) is 3.53. The van der Waals surface area contributed by atoms with Gasteiger partial charge in [0, 0.05) is 29.1 Å². The van der Waals surface area contributed by atoms with Gasteiger partial charge in [-0.3, -0.25) is 0 Å². The molecule has 20 heavy (non-hydrogen) atoms. The van der Waals surface area contributed by atoms with Gasteiger partial charge in [-0.1, -0.05) is 11.6 Å². The van der Waals surface area contributed by atoms with Crippen molar-refractivity contribution in [2.75, 3.05) is 7.05 Å². The van der Waals surface area contributed by atoms with Crippen LogP contribution in [0.25, 0.3) is 11.4 Å². The largest absolute Gasteiger partial charge is 0.313 e. The van der Waals surface area contributed by atoms with Gasteiger partial charge in [0.1, 0.15) is 5.82 Å². The fourth-order valence-corrected chi connectivity index (χ4v) is 2.90. The summed E-state index contributed by atoms with van der Waals surface area (Å²) in [6.07, 6.45) is 5.01. The minimum absolute atomic E-state index is 0.316. The number of aryl methyl sites for hydroxylation is 1. The quantitative estimate of drug-likeness (QED) is 0.920. The Hall–Kier alpha value is -1.52. The Kier molecular flexibility index (Phi) is 3.68. The molecule has 0 radical (unpaired) electrons. The number of rotatable bonds is 2. The Balaban J connectivity index is 2.04. The van der Waals surface area contributed by atoms with Gasteiger partial charge in [-0.25, -0.2) is 14.4 Å². The molecule has 104 valence electrons. The summed E-state index contributed by atoms with van der Waals surface area (Å²) in [5.74, 6) is 0.206. The topological polar surface area (TPSA) is 37.8 Å². The summed E-state index contributed by atoms with van der Waals surface area (Å²) in [7, 11) is 1.95. The van der Waals surface area contributed by atoms with E-state index in [1.807, 2.05) is 13.2 Å². The Labute approximate surface area is 122 Å².